The van der Waals surface area contributed by atoms with Crippen molar-refractivity contribution in [3.05, 3.63) is 65.5 Å². The summed E-state index contributed by atoms with van der Waals surface area (Å²) < 4.78 is 40.5. The Labute approximate surface area is 172 Å². The summed E-state index contributed by atoms with van der Waals surface area (Å²) in [6, 6.07) is 12.1. The first-order valence-electron chi connectivity index (χ1n) is 9.77. The van der Waals surface area contributed by atoms with Crippen molar-refractivity contribution in [3.8, 4) is 0 Å². The normalized spacial score (nSPS) is 20.4. The minimum atomic E-state index is -3.57. The van der Waals surface area contributed by atoms with Gasteiger partial charge in [-0.2, -0.15) is 4.31 Å². The van der Waals surface area contributed by atoms with Gasteiger partial charge in [-0.3, -0.25) is 4.79 Å². The molecule has 1 aliphatic rings. The highest BCUT2D eigenvalue weighted by molar-refractivity contribution is 7.89. The van der Waals surface area contributed by atoms with E-state index in [-0.39, 0.29) is 16.6 Å². The minimum absolute atomic E-state index is 0.205. The zero-order valence-corrected chi connectivity index (χ0v) is 17.8. The molecule has 156 valence electrons. The van der Waals surface area contributed by atoms with Gasteiger partial charge >= 0.3 is 0 Å². The Hall–Kier alpha value is -2.25. The number of sulfonamides is 1. The molecule has 1 heterocycles. The fourth-order valence-corrected chi connectivity index (χ4v) is 5.56. The van der Waals surface area contributed by atoms with Crippen molar-refractivity contribution in [1.29, 1.82) is 0 Å². The van der Waals surface area contributed by atoms with Crippen molar-refractivity contribution in [1.82, 2.24) is 9.21 Å². The molecule has 0 bridgehead atoms. The van der Waals surface area contributed by atoms with E-state index in [1.54, 1.807) is 35.6 Å². The van der Waals surface area contributed by atoms with Crippen LogP contribution in [0.5, 0.6) is 0 Å². The van der Waals surface area contributed by atoms with E-state index in [9.17, 15) is 17.6 Å². The summed E-state index contributed by atoms with van der Waals surface area (Å²) in [5.74, 6) is 0.111. The molecule has 1 aliphatic heterocycles. The van der Waals surface area contributed by atoms with Crippen LogP contribution >= 0.6 is 0 Å². The Morgan fingerprint density at radius 3 is 2.14 bits per heavy atom. The molecule has 2 unspecified atom stereocenters. The zero-order chi connectivity index (χ0) is 21.2. The first kappa shape index (κ1) is 21.5. The lowest BCUT2D eigenvalue weighted by atomic mass is 9.94. The van der Waals surface area contributed by atoms with E-state index in [1.165, 1.54) is 29.2 Å². The lowest BCUT2D eigenvalue weighted by Crippen LogP contribution is -2.42. The van der Waals surface area contributed by atoms with Crippen LogP contribution in [0, 0.1) is 17.7 Å². The van der Waals surface area contributed by atoms with Crippen LogP contribution in [0.4, 0.5) is 4.39 Å². The topological polar surface area (TPSA) is 57.7 Å². The molecule has 1 fully saturated rings. The predicted molar refractivity (Wildman–Crippen MR) is 110 cm³/mol. The first-order valence-corrected chi connectivity index (χ1v) is 11.2. The Morgan fingerprint density at radius 1 is 1.03 bits per heavy atom. The van der Waals surface area contributed by atoms with E-state index in [4.69, 9.17) is 0 Å². The van der Waals surface area contributed by atoms with Crippen LogP contribution in [0.15, 0.2) is 53.4 Å². The number of halogens is 1. The molecule has 0 aliphatic carbocycles. The second-order valence-electron chi connectivity index (χ2n) is 8.08. The largest absolute Gasteiger partial charge is 0.337 e. The molecule has 0 radical (unpaired) electrons. The van der Waals surface area contributed by atoms with E-state index in [2.05, 4.69) is 13.8 Å². The Bertz CT molecular complexity index is 949. The SMILES string of the molecule is CC1CC(C)CN(S(=O)(=O)c2ccc(C(=O)N(C)Cc3ccc(F)cc3)cc2)C1. The lowest BCUT2D eigenvalue weighted by Gasteiger charge is -2.34. The molecular weight excluding hydrogens is 391 g/mol. The summed E-state index contributed by atoms with van der Waals surface area (Å²) in [7, 11) is -1.91. The maximum Gasteiger partial charge on any atom is 0.253 e. The molecule has 5 nitrogen and oxygen atoms in total. The van der Waals surface area contributed by atoms with Crippen molar-refractivity contribution >= 4 is 15.9 Å². The summed E-state index contributed by atoms with van der Waals surface area (Å²) in [6.45, 7) is 5.51. The third kappa shape index (κ3) is 5.03. The Kier molecular flexibility index (Phi) is 6.39. The van der Waals surface area contributed by atoms with Crippen molar-refractivity contribution < 1.29 is 17.6 Å². The number of hydrogen-bond donors (Lipinski definition) is 0. The van der Waals surface area contributed by atoms with Gasteiger partial charge in [0.25, 0.3) is 5.91 Å². The fraction of sp³-hybridized carbons (Fsp3) is 0.409. The van der Waals surface area contributed by atoms with Crippen LogP contribution in [0.2, 0.25) is 0 Å². The van der Waals surface area contributed by atoms with Crippen molar-refractivity contribution in [2.24, 2.45) is 11.8 Å². The van der Waals surface area contributed by atoms with E-state index in [1.807, 2.05) is 0 Å². The van der Waals surface area contributed by atoms with Gasteiger partial charge in [0.1, 0.15) is 5.82 Å². The van der Waals surface area contributed by atoms with Gasteiger partial charge in [-0.1, -0.05) is 26.0 Å². The second kappa shape index (κ2) is 8.63. The quantitative estimate of drug-likeness (QED) is 0.743. The van der Waals surface area contributed by atoms with Gasteiger partial charge in [-0.05, 0) is 60.2 Å². The number of amides is 1. The third-order valence-corrected chi connectivity index (χ3v) is 7.10. The van der Waals surface area contributed by atoms with Crippen LogP contribution in [0.1, 0.15) is 36.2 Å². The molecule has 0 spiro atoms. The highest BCUT2D eigenvalue weighted by Gasteiger charge is 2.31. The monoisotopic (exact) mass is 418 g/mol. The molecule has 2 aromatic rings. The molecule has 2 atom stereocenters. The van der Waals surface area contributed by atoms with Gasteiger partial charge in [-0.25, -0.2) is 12.8 Å². The fourth-order valence-electron chi connectivity index (χ4n) is 3.88. The van der Waals surface area contributed by atoms with Crippen LogP contribution in [-0.4, -0.2) is 43.7 Å². The molecular formula is C22H27FN2O3S. The van der Waals surface area contributed by atoms with E-state index in [0.29, 0.717) is 37.0 Å². The number of nitrogens with zero attached hydrogens (tertiary/aromatic N) is 2. The summed E-state index contributed by atoms with van der Waals surface area (Å²) in [5.41, 5.74) is 1.23. The number of piperidine rings is 1. The molecule has 0 saturated carbocycles. The Morgan fingerprint density at radius 2 is 1.59 bits per heavy atom. The van der Waals surface area contributed by atoms with Gasteiger partial charge in [0, 0.05) is 32.2 Å². The number of benzene rings is 2. The summed E-state index contributed by atoms with van der Waals surface area (Å²) >= 11 is 0. The van der Waals surface area contributed by atoms with Crippen LogP contribution in [0.25, 0.3) is 0 Å². The number of carbonyl (C=O) groups excluding carboxylic acids is 1. The second-order valence-corrected chi connectivity index (χ2v) is 10.0. The molecule has 2 aromatic carbocycles. The molecule has 1 amide bonds. The van der Waals surface area contributed by atoms with Crippen LogP contribution < -0.4 is 0 Å². The standard InChI is InChI=1S/C22H27FN2O3S/c1-16-12-17(2)14-25(13-16)29(27,28)21-10-6-19(7-11-21)22(26)24(3)15-18-4-8-20(23)9-5-18/h4-11,16-17H,12-15H2,1-3H3. The van der Waals surface area contributed by atoms with E-state index >= 15 is 0 Å². The van der Waals surface area contributed by atoms with Crippen molar-refractivity contribution in [2.75, 3.05) is 20.1 Å². The van der Waals surface area contributed by atoms with Crippen LogP contribution in [0.3, 0.4) is 0 Å². The molecule has 3 rings (SSSR count). The Balaban J connectivity index is 1.71. The van der Waals surface area contributed by atoms with Gasteiger partial charge in [0.2, 0.25) is 10.0 Å². The summed E-state index contributed by atoms with van der Waals surface area (Å²) in [6.07, 6.45) is 1.03. The molecule has 29 heavy (non-hydrogen) atoms. The maximum absolute atomic E-state index is 13.0. The molecule has 0 aromatic heterocycles. The predicted octanol–water partition coefficient (Wildman–Crippen LogP) is 3.76. The van der Waals surface area contributed by atoms with E-state index in [0.717, 1.165) is 12.0 Å². The highest BCUT2D eigenvalue weighted by atomic mass is 32.2. The van der Waals surface area contributed by atoms with Gasteiger partial charge in [-0.15, -0.1) is 0 Å². The smallest absolute Gasteiger partial charge is 0.253 e. The highest BCUT2D eigenvalue weighted by Crippen LogP contribution is 2.27. The van der Waals surface area contributed by atoms with Gasteiger partial charge in [0.05, 0.1) is 4.90 Å². The average Bonchev–Trinajstić information content (AvgIpc) is 2.68. The molecule has 1 saturated heterocycles. The van der Waals surface area contributed by atoms with E-state index < -0.39 is 10.0 Å². The zero-order valence-electron chi connectivity index (χ0n) is 17.0. The summed E-state index contributed by atoms with van der Waals surface area (Å²) in [4.78, 5) is 14.4. The molecule has 7 heteroatoms. The number of rotatable bonds is 5. The molecule has 0 N–H and O–H groups in total. The van der Waals surface area contributed by atoms with Gasteiger partial charge in [0.15, 0.2) is 0 Å². The van der Waals surface area contributed by atoms with Crippen LogP contribution in [-0.2, 0) is 16.6 Å². The average molecular weight is 419 g/mol. The van der Waals surface area contributed by atoms with Gasteiger partial charge < -0.3 is 4.90 Å². The maximum atomic E-state index is 13.0. The third-order valence-electron chi connectivity index (χ3n) is 5.25. The number of hydrogen-bond acceptors (Lipinski definition) is 3. The lowest BCUT2D eigenvalue weighted by molar-refractivity contribution is 0.0785. The van der Waals surface area contributed by atoms with Crippen molar-refractivity contribution in [3.63, 3.8) is 0 Å². The van der Waals surface area contributed by atoms with Crippen molar-refractivity contribution in [2.45, 2.75) is 31.7 Å². The summed E-state index contributed by atoms with van der Waals surface area (Å²) in [5, 5.41) is 0. The first-order chi connectivity index (χ1) is 13.7. The minimum Gasteiger partial charge on any atom is -0.337 e. The number of carbonyl (C=O) groups is 1.